The number of nitrogens with two attached hydrogens (primary N) is 1. The van der Waals surface area contributed by atoms with E-state index in [4.69, 9.17) is 5.73 Å². The summed E-state index contributed by atoms with van der Waals surface area (Å²) in [7, 11) is 0. The van der Waals surface area contributed by atoms with Crippen molar-refractivity contribution in [2.45, 2.75) is 32.6 Å². The molecule has 4 heteroatoms. The van der Waals surface area contributed by atoms with Crippen molar-refractivity contribution in [3.8, 4) is 0 Å². The normalized spacial score (nSPS) is 20.2. The molecule has 2 aromatic rings. The minimum atomic E-state index is 0.684. The monoisotopic (exact) mass is 218 g/mol. The first-order valence-corrected chi connectivity index (χ1v) is 6.05. The molecule has 0 saturated heterocycles. The van der Waals surface area contributed by atoms with Crippen molar-refractivity contribution in [3.63, 3.8) is 0 Å². The summed E-state index contributed by atoms with van der Waals surface area (Å²) in [5.41, 5.74) is 9.67. The zero-order valence-electron chi connectivity index (χ0n) is 9.66. The molecule has 0 aromatic carbocycles. The highest BCUT2D eigenvalue weighted by Gasteiger charge is 2.21. The van der Waals surface area contributed by atoms with Gasteiger partial charge in [-0.1, -0.05) is 6.92 Å². The molecule has 1 aliphatic carbocycles. The Morgan fingerprint density at radius 1 is 1.62 bits per heavy atom. The summed E-state index contributed by atoms with van der Waals surface area (Å²) >= 11 is 0. The molecule has 16 heavy (non-hydrogen) atoms. The SMILES string of the molecule is CC1CCc2[nH]c3ncc(CCN)n3c2C1. The van der Waals surface area contributed by atoms with Gasteiger partial charge in [-0.3, -0.25) is 4.40 Å². The average Bonchev–Trinajstić information content (AvgIpc) is 2.79. The van der Waals surface area contributed by atoms with Gasteiger partial charge in [0.15, 0.2) is 0 Å². The van der Waals surface area contributed by atoms with Crippen LogP contribution in [0, 0.1) is 5.92 Å². The second kappa shape index (κ2) is 3.63. The molecule has 0 aliphatic heterocycles. The Bertz CT molecular complexity index is 508. The van der Waals surface area contributed by atoms with Crippen LogP contribution in [0.4, 0.5) is 0 Å². The van der Waals surface area contributed by atoms with Crippen LogP contribution in [0.5, 0.6) is 0 Å². The van der Waals surface area contributed by atoms with E-state index >= 15 is 0 Å². The standard InChI is InChI=1S/C12H18N4/c1-8-2-3-10-11(6-8)16-9(4-5-13)7-14-12(16)15-10/h7-8H,2-6,13H2,1H3,(H,14,15). The lowest BCUT2D eigenvalue weighted by Crippen LogP contribution is -2.14. The van der Waals surface area contributed by atoms with E-state index in [0.29, 0.717) is 6.54 Å². The van der Waals surface area contributed by atoms with E-state index in [1.807, 2.05) is 6.20 Å². The summed E-state index contributed by atoms with van der Waals surface area (Å²) in [4.78, 5) is 7.85. The largest absolute Gasteiger partial charge is 0.330 e. The van der Waals surface area contributed by atoms with E-state index in [2.05, 4.69) is 21.3 Å². The lowest BCUT2D eigenvalue weighted by molar-refractivity contribution is 0.487. The Hall–Kier alpha value is -1.29. The number of aryl methyl sites for hydroxylation is 1. The number of hydrogen-bond donors (Lipinski definition) is 2. The molecule has 2 heterocycles. The van der Waals surface area contributed by atoms with Crippen LogP contribution < -0.4 is 5.73 Å². The highest BCUT2D eigenvalue weighted by Crippen LogP contribution is 2.26. The molecule has 86 valence electrons. The van der Waals surface area contributed by atoms with Crippen molar-refractivity contribution in [2.75, 3.05) is 6.54 Å². The smallest absolute Gasteiger partial charge is 0.211 e. The lowest BCUT2D eigenvalue weighted by Gasteiger charge is -2.18. The van der Waals surface area contributed by atoms with Crippen molar-refractivity contribution in [2.24, 2.45) is 11.7 Å². The van der Waals surface area contributed by atoms with E-state index in [1.54, 1.807) is 0 Å². The number of nitrogens with one attached hydrogen (secondary N) is 1. The van der Waals surface area contributed by atoms with Crippen LogP contribution in [0.15, 0.2) is 6.20 Å². The summed E-state index contributed by atoms with van der Waals surface area (Å²) in [5.74, 6) is 1.77. The Kier molecular flexibility index (Phi) is 2.24. The van der Waals surface area contributed by atoms with Crippen LogP contribution >= 0.6 is 0 Å². The van der Waals surface area contributed by atoms with Crippen LogP contribution in [0.25, 0.3) is 5.78 Å². The number of aromatic amines is 1. The quantitative estimate of drug-likeness (QED) is 0.798. The molecule has 0 amide bonds. The molecule has 0 spiro atoms. The second-order valence-corrected chi connectivity index (χ2v) is 4.85. The predicted molar refractivity (Wildman–Crippen MR) is 63.5 cm³/mol. The average molecular weight is 218 g/mol. The van der Waals surface area contributed by atoms with Crippen LogP contribution in [-0.4, -0.2) is 20.9 Å². The summed E-state index contributed by atoms with van der Waals surface area (Å²) in [6.07, 6.45) is 6.44. The first-order chi connectivity index (χ1) is 7.79. The number of fused-ring (bicyclic) bond motifs is 3. The lowest BCUT2D eigenvalue weighted by atomic mass is 9.91. The number of rotatable bonds is 2. The Morgan fingerprint density at radius 3 is 3.31 bits per heavy atom. The van der Waals surface area contributed by atoms with Gasteiger partial charge in [0.2, 0.25) is 5.78 Å². The van der Waals surface area contributed by atoms with Gasteiger partial charge in [-0.2, -0.15) is 0 Å². The topological polar surface area (TPSA) is 59.1 Å². The predicted octanol–water partition coefficient (Wildman–Crippen LogP) is 1.29. The van der Waals surface area contributed by atoms with Gasteiger partial charge in [0.25, 0.3) is 0 Å². The molecule has 0 saturated carbocycles. The van der Waals surface area contributed by atoms with Gasteiger partial charge in [-0.25, -0.2) is 4.98 Å². The third-order valence-corrected chi connectivity index (χ3v) is 3.55. The van der Waals surface area contributed by atoms with Crippen molar-refractivity contribution in [3.05, 3.63) is 23.3 Å². The van der Waals surface area contributed by atoms with Gasteiger partial charge in [-0.15, -0.1) is 0 Å². The van der Waals surface area contributed by atoms with Gasteiger partial charge in [0.1, 0.15) is 0 Å². The molecule has 0 radical (unpaired) electrons. The van der Waals surface area contributed by atoms with E-state index in [-0.39, 0.29) is 0 Å². The van der Waals surface area contributed by atoms with Crippen molar-refractivity contribution >= 4 is 5.78 Å². The van der Waals surface area contributed by atoms with Crippen LogP contribution in [0.3, 0.4) is 0 Å². The molecule has 0 bridgehead atoms. The van der Waals surface area contributed by atoms with Gasteiger partial charge in [0.05, 0.1) is 6.20 Å². The minimum absolute atomic E-state index is 0.684. The molecular formula is C12H18N4. The first-order valence-electron chi connectivity index (χ1n) is 6.05. The third kappa shape index (κ3) is 1.37. The summed E-state index contributed by atoms with van der Waals surface area (Å²) in [5, 5.41) is 0. The van der Waals surface area contributed by atoms with E-state index in [0.717, 1.165) is 31.0 Å². The first kappa shape index (κ1) is 9.90. The molecular weight excluding hydrogens is 200 g/mol. The van der Waals surface area contributed by atoms with Crippen LogP contribution in [-0.2, 0) is 19.3 Å². The molecule has 0 fully saturated rings. The van der Waals surface area contributed by atoms with Crippen LogP contribution in [0.1, 0.15) is 30.4 Å². The summed E-state index contributed by atoms with van der Waals surface area (Å²) in [6, 6.07) is 0. The Morgan fingerprint density at radius 2 is 2.50 bits per heavy atom. The van der Waals surface area contributed by atoms with Gasteiger partial charge in [0, 0.05) is 23.5 Å². The molecule has 3 rings (SSSR count). The molecule has 1 atom stereocenters. The maximum Gasteiger partial charge on any atom is 0.211 e. The maximum atomic E-state index is 5.63. The molecule has 4 nitrogen and oxygen atoms in total. The van der Waals surface area contributed by atoms with Crippen molar-refractivity contribution < 1.29 is 0 Å². The molecule has 2 aromatic heterocycles. The molecule has 1 aliphatic rings. The van der Waals surface area contributed by atoms with E-state index in [9.17, 15) is 0 Å². The fourth-order valence-electron chi connectivity index (χ4n) is 2.69. The summed E-state index contributed by atoms with van der Waals surface area (Å²) < 4.78 is 2.28. The molecule has 1 unspecified atom stereocenters. The number of nitrogens with zero attached hydrogens (tertiary/aromatic N) is 2. The van der Waals surface area contributed by atoms with Crippen LogP contribution in [0.2, 0.25) is 0 Å². The number of H-pyrrole nitrogens is 1. The van der Waals surface area contributed by atoms with E-state index < -0.39 is 0 Å². The zero-order valence-corrected chi connectivity index (χ0v) is 9.66. The highest BCUT2D eigenvalue weighted by molar-refractivity contribution is 5.40. The molecule has 3 N–H and O–H groups in total. The fraction of sp³-hybridized carbons (Fsp3) is 0.583. The van der Waals surface area contributed by atoms with Crippen molar-refractivity contribution in [1.29, 1.82) is 0 Å². The Labute approximate surface area is 94.9 Å². The van der Waals surface area contributed by atoms with Gasteiger partial charge >= 0.3 is 0 Å². The number of aromatic nitrogens is 3. The van der Waals surface area contributed by atoms with Crippen molar-refractivity contribution in [1.82, 2.24) is 14.4 Å². The maximum absolute atomic E-state index is 5.63. The number of hydrogen-bond acceptors (Lipinski definition) is 2. The third-order valence-electron chi connectivity index (χ3n) is 3.55. The van der Waals surface area contributed by atoms with E-state index in [1.165, 1.54) is 23.5 Å². The zero-order chi connectivity index (χ0) is 11.1. The summed E-state index contributed by atoms with van der Waals surface area (Å²) in [6.45, 7) is 3.00. The van der Waals surface area contributed by atoms with Gasteiger partial charge in [-0.05, 0) is 31.7 Å². The Balaban J connectivity index is 2.14. The fourth-order valence-corrected chi connectivity index (χ4v) is 2.69. The highest BCUT2D eigenvalue weighted by atomic mass is 15.1. The minimum Gasteiger partial charge on any atom is -0.330 e. The number of imidazole rings is 2. The van der Waals surface area contributed by atoms with Gasteiger partial charge < -0.3 is 10.7 Å². The second-order valence-electron chi connectivity index (χ2n) is 4.85.